The molecule has 1 fully saturated rings. The zero-order valence-electron chi connectivity index (χ0n) is 11.5. The van der Waals surface area contributed by atoms with E-state index < -0.39 is 10.0 Å². The lowest BCUT2D eigenvalue weighted by atomic mass is 10.2. The summed E-state index contributed by atoms with van der Waals surface area (Å²) in [6.07, 6.45) is 1.87. The molecule has 0 amide bonds. The molecule has 3 rings (SSSR count). The number of sulfonamides is 1. The van der Waals surface area contributed by atoms with Crippen molar-refractivity contribution in [3.63, 3.8) is 0 Å². The fourth-order valence-corrected chi connectivity index (χ4v) is 4.52. The Labute approximate surface area is 127 Å². The number of hydrogen-bond acceptors (Lipinski definition) is 6. The monoisotopic (exact) mass is 328 g/mol. The molecule has 0 saturated carbocycles. The van der Waals surface area contributed by atoms with E-state index in [0.717, 1.165) is 34.7 Å². The third kappa shape index (κ3) is 3.34. The maximum absolute atomic E-state index is 12.2. The van der Waals surface area contributed by atoms with Crippen molar-refractivity contribution in [3.8, 4) is 10.6 Å². The summed E-state index contributed by atoms with van der Waals surface area (Å²) in [5, 5.41) is 3.80. The highest BCUT2D eigenvalue weighted by molar-refractivity contribution is 7.91. The van der Waals surface area contributed by atoms with Crippen LogP contribution in [0, 0.1) is 6.92 Å². The van der Waals surface area contributed by atoms with Gasteiger partial charge in [-0.1, -0.05) is 5.16 Å². The van der Waals surface area contributed by atoms with Crippen molar-refractivity contribution in [1.82, 2.24) is 9.88 Å². The second kappa shape index (κ2) is 5.88. The second-order valence-electron chi connectivity index (χ2n) is 4.94. The van der Waals surface area contributed by atoms with Crippen LogP contribution in [0.5, 0.6) is 0 Å². The van der Waals surface area contributed by atoms with Gasteiger partial charge in [0.05, 0.1) is 16.7 Å². The van der Waals surface area contributed by atoms with Crippen molar-refractivity contribution in [3.05, 3.63) is 23.9 Å². The fourth-order valence-electron chi connectivity index (χ4n) is 2.16. The summed E-state index contributed by atoms with van der Waals surface area (Å²) in [5.41, 5.74) is 0.763. The van der Waals surface area contributed by atoms with E-state index in [9.17, 15) is 8.42 Å². The molecule has 0 radical (unpaired) electrons. The van der Waals surface area contributed by atoms with Crippen LogP contribution in [-0.4, -0.2) is 32.8 Å². The Morgan fingerprint density at radius 3 is 3.00 bits per heavy atom. The summed E-state index contributed by atoms with van der Waals surface area (Å²) < 4.78 is 37.9. The predicted molar refractivity (Wildman–Crippen MR) is 78.7 cm³/mol. The first-order valence-corrected chi connectivity index (χ1v) is 8.99. The second-order valence-corrected chi connectivity index (χ2v) is 8.02. The van der Waals surface area contributed by atoms with Gasteiger partial charge in [-0.15, -0.1) is 11.3 Å². The lowest BCUT2D eigenvalue weighted by Crippen LogP contribution is -2.31. The topological polar surface area (TPSA) is 81.4 Å². The molecule has 0 spiro atoms. The largest absolute Gasteiger partial charge is 0.377 e. The fraction of sp³-hybridized carbons (Fsp3) is 0.462. The van der Waals surface area contributed by atoms with Gasteiger partial charge >= 0.3 is 0 Å². The highest BCUT2D eigenvalue weighted by Gasteiger charge is 2.22. The molecule has 1 atom stereocenters. The van der Waals surface area contributed by atoms with Gasteiger partial charge in [0, 0.05) is 19.2 Å². The number of rotatable bonds is 5. The number of thiophene rings is 1. The van der Waals surface area contributed by atoms with Crippen molar-refractivity contribution < 1.29 is 17.7 Å². The summed E-state index contributed by atoms with van der Waals surface area (Å²) >= 11 is 1.16. The van der Waals surface area contributed by atoms with E-state index in [2.05, 4.69) is 9.88 Å². The van der Waals surface area contributed by atoms with Gasteiger partial charge in [-0.2, -0.15) is 0 Å². The number of hydrogen-bond donors (Lipinski definition) is 1. The predicted octanol–water partition coefficient (Wildman–Crippen LogP) is 2.17. The average molecular weight is 328 g/mol. The van der Waals surface area contributed by atoms with E-state index >= 15 is 0 Å². The summed E-state index contributed by atoms with van der Waals surface area (Å²) in [5.74, 6) is 0.582. The standard InChI is InChI=1S/C13H16N2O4S2/c1-9-7-11(19-15-9)12-4-5-13(20-12)21(16,17)14-8-10-3-2-6-18-10/h4-5,7,10,14H,2-3,6,8H2,1H3. The molecule has 8 heteroatoms. The van der Waals surface area contributed by atoms with Crippen molar-refractivity contribution in [2.24, 2.45) is 0 Å². The molecule has 1 saturated heterocycles. The minimum Gasteiger partial charge on any atom is -0.377 e. The molecule has 1 aliphatic rings. The quantitative estimate of drug-likeness (QED) is 0.909. The van der Waals surface area contributed by atoms with Gasteiger partial charge in [-0.3, -0.25) is 0 Å². The Kier molecular flexibility index (Phi) is 4.12. The number of aryl methyl sites for hydroxylation is 1. The molecule has 21 heavy (non-hydrogen) atoms. The van der Waals surface area contributed by atoms with Crippen LogP contribution in [0.3, 0.4) is 0 Å². The molecule has 3 heterocycles. The van der Waals surface area contributed by atoms with Gasteiger partial charge < -0.3 is 9.26 Å². The van der Waals surface area contributed by atoms with Crippen LogP contribution in [0.2, 0.25) is 0 Å². The highest BCUT2D eigenvalue weighted by Crippen LogP contribution is 2.31. The van der Waals surface area contributed by atoms with Gasteiger partial charge in [0.15, 0.2) is 5.76 Å². The van der Waals surface area contributed by atoms with Crippen LogP contribution in [0.25, 0.3) is 10.6 Å². The first-order valence-electron chi connectivity index (χ1n) is 6.69. The van der Waals surface area contributed by atoms with Crippen LogP contribution < -0.4 is 4.72 Å². The van der Waals surface area contributed by atoms with E-state index in [1.54, 1.807) is 18.2 Å². The molecule has 2 aromatic rings. The maximum Gasteiger partial charge on any atom is 0.250 e. The minimum absolute atomic E-state index is 0.0175. The van der Waals surface area contributed by atoms with E-state index in [0.29, 0.717) is 18.9 Å². The first kappa shape index (κ1) is 14.7. The van der Waals surface area contributed by atoms with E-state index in [4.69, 9.17) is 9.26 Å². The van der Waals surface area contributed by atoms with E-state index in [1.807, 2.05) is 6.92 Å². The van der Waals surface area contributed by atoms with Crippen molar-refractivity contribution in [2.75, 3.05) is 13.2 Å². The third-order valence-corrected chi connectivity index (χ3v) is 6.26. The molecular weight excluding hydrogens is 312 g/mol. The zero-order valence-corrected chi connectivity index (χ0v) is 13.2. The van der Waals surface area contributed by atoms with Gasteiger partial charge in [0.1, 0.15) is 4.21 Å². The molecule has 114 valence electrons. The molecule has 6 nitrogen and oxygen atoms in total. The normalized spacial score (nSPS) is 19.2. The maximum atomic E-state index is 12.2. The molecule has 0 bridgehead atoms. The summed E-state index contributed by atoms with van der Waals surface area (Å²) in [6, 6.07) is 5.09. The molecule has 1 unspecified atom stereocenters. The lowest BCUT2D eigenvalue weighted by Gasteiger charge is -2.10. The number of nitrogens with zero attached hydrogens (tertiary/aromatic N) is 1. The molecule has 1 N–H and O–H groups in total. The molecule has 1 aliphatic heterocycles. The summed E-state index contributed by atoms with van der Waals surface area (Å²) in [6.45, 7) is 2.85. The Hall–Kier alpha value is -1.22. The molecule has 0 aliphatic carbocycles. The Morgan fingerprint density at radius 2 is 2.33 bits per heavy atom. The molecule has 0 aromatic carbocycles. The highest BCUT2D eigenvalue weighted by atomic mass is 32.2. The van der Waals surface area contributed by atoms with Gasteiger partial charge in [0.25, 0.3) is 0 Å². The first-order chi connectivity index (χ1) is 10.0. The average Bonchev–Trinajstić information content (AvgIpc) is 3.17. The Balaban J connectivity index is 1.72. The Bertz CT molecular complexity index is 714. The molecule has 2 aromatic heterocycles. The Morgan fingerprint density at radius 1 is 1.48 bits per heavy atom. The van der Waals surface area contributed by atoms with Gasteiger partial charge in [-0.25, -0.2) is 13.1 Å². The van der Waals surface area contributed by atoms with Gasteiger partial charge in [0.2, 0.25) is 10.0 Å². The van der Waals surface area contributed by atoms with Crippen LogP contribution in [-0.2, 0) is 14.8 Å². The van der Waals surface area contributed by atoms with Crippen LogP contribution in [0.1, 0.15) is 18.5 Å². The van der Waals surface area contributed by atoms with Crippen LogP contribution in [0.15, 0.2) is 26.9 Å². The lowest BCUT2D eigenvalue weighted by molar-refractivity contribution is 0.114. The van der Waals surface area contributed by atoms with Crippen molar-refractivity contribution >= 4 is 21.4 Å². The van der Waals surface area contributed by atoms with E-state index in [-0.39, 0.29) is 10.3 Å². The number of aromatic nitrogens is 1. The third-order valence-electron chi connectivity index (χ3n) is 3.24. The summed E-state index contributed by atoms with van der Waals surface area (Å²) in [7, 11) is -3.50. The van der Waals surface area contributed by atoms with Crippen LogP contribution in [0.4, 0.5) is 0 Å². The van der Waals surface area contributed by atoms with Gasteiger partial charge in [-0.05, 0) is 31.9 Å². The number of ether oxygens (including phenoxy) is 1. The van der Waals surface area contributed by atoms with E-state index in [1.165, 1.54) is 0 Å². The summed E-state index contributed by atoms with van der Waals surface area (Å²) in [4.78, 5) is 0.744. The zero-order chi connectivity index (χ0) is 14.9. The number of nitrogens with one attached hydrogen (secondary N) is 1. The van der Waals surface area contributed by atoms with Crippen LogP contribution >= 0.6 is 11.3 Å². The smallest absolute Gasteiger partial charge is 0.250 e. The minimum atomic E-state index is -3.50. The van der Waals surface area contributed by atoms with Crippen molar-refractivity contribution in [1.29, 1.82) is 0 Å². The molecular formula is C13H16N2O4S2. The van der Waals surface area contributed by atoms with Crippen molar-refractivity contribution in [2.45, 2.75) is 30.1 Å². The SMILES string of the molecule is Cc1cc(-c2ccc(S(=O)(=O)NCC3CCCO3)s2)on1.